The van der Waals surface area contributed by atoms with E-state index in [9.17, 15) is 14.7 Å². The first-order chi connectivity index (χ1) is 7.92. The molecule has 0 aromatic heterocycles. The second-order valence-electron chi connectivity index (χ2n) is 4.87. The number of carbonyl (C=O) groups is 1. The number of rotatable bonds is 1. The highest BCUT2D eigenvalue weighted by Crippen LogP contribution is 2.51. The van der Waals surface area contributed by atoms with E-state index in [4.69, 9.17) is 0 Å². The molecular formula is C13H14O3S. The van der Waals surface area contributed by atoms with Crippen molar-refractivity contribution in [2.24, 2.45) is 5.41 Å². The summed E-state index contributed by atoms with van der Waals surface area (Å²) >= 11 is 1.21. The molecule has 1 atom stereocenters. The van der Waals surface area contributed by atoms with Crippen molar-refractivity contribution in [1.82, 2.24) is 0 Å². The first kappa shape index (κ1) is 12.2. The van der Waals surface area contributed by atoms with Gasteiger partial charge in [-0.2, -0.15) is 0 Å². The van der Waals surface area contributed by atoms with Gasteiger partial charge < -0.3 is 5.11 Å². The summed E-state index contributed by atoms with van der Waals surface area (Å²) in [5.74, 6) is -0.238. The summed E-state index contributed by atoms with van der Waals surface area (Å²) in [7, 11) is 0. The Morgan fingerprint density at radius 1 is 1.29 bits per heavy atom. The largest absolute Gasteiger partial charge is 0.504 e. The van der Waals surface area contributed by atoms with Gasteiger partial charge in [0.05, 0.1) is 0 Å². The fraction of sp³-hybridized carbons (Fsp3) is 0.385. The molecule has 0 amide bonds. The smallest absolute Gasteiger partial charge is 0.220 e. The van der Waals surface area contributed by atoms with Crippen molar-refractivity contribution in [3.05, 3.63) is 40.1 Å². The van der Waals surface area contributed by atoms with Crippen molar-refractivity contribution >= 4 is 16.9 Å². The molecule has 1 N–H and O–H groups in total. The number of aromatic hydroxyl groups is 1. The first-order valence-electron chi connectivity index (χ1n) is 5.45. The molecule has 0 saturated carbocycles. The molecule has 4 heteroatoms. The molecule has 3 nitrogen and oxygen atoms in total. The van der Waals surface area contributed by atoms with E-state index >= 15 is 0 Å². The van der Waals surface area contributed by atoms with Gasteiger partial charge in [0, 0.05) is 16.2 Å². The standard InChI is InChI=1S/C13H14O3S/c1-13(2)7-10(17-12(13)16)8-5-3-4-6-9(14)11(8)15/h3-6,10H,7H2,1-2H3,(H,14,15). The summed E-state index contributed by atoms with van der Waals surface area (Å²) in [5.41, 5.74) is -0.231. The highest BCUT2D eigenvalue weighted by molar-refractivity contribution is 8.14. The van der Waals surface area contributed by atoms with E-state index in [2.05, 4.69) is 0 Å². The molecule has 1 saturated heterocycles. The van der Waals surface area contributed by atoms with Crippen LogP contribution in [0.25, 0.3) is 0 Å². The van der Waals surface area contributed by atoms with Crippen LogP contribution in [0.1, 0.15) is 31.1 Å². The van der Waals surface area contributed by atoms with E-state index in [0.29, 0.717) is 12.0 Å². The van der Waals surface area contributed by atoms with E-state index in [1.807, 2.05) is 13.8 Å². The second-order valence-corrected chi connectivity index (χ2v) is 6.04. The van der Waals surface area contributed by atoms with Gasteiger partial charge in [0.25, 0.3) is 0 Å². The van der Waals surface area contributed by atoms with Crippen molar-refractivity contribution in [2.45, 2.75) is 25.5 Å². The molecule has 1 fully saturated rings. The zero-order valence-corrected chi connectivity index (χ0v) is 10.6. The molecule has 0 radical (unpaired) electrons. The van der Waals surface area contributed by atoms with Gasteiger partial charge in [-0.05, 0) is 12.5 Å². The Kier molecular flexibility index (Phi) is 3.00. The Labute approximate surface area is 104 Å². The van der Waals surface area contributed by atoms with Crippen LogP contribution in [0.15, 0.2) is 29.1 Å². The maximum atomic E-state index is 11.8. The number of carbonyl (C=O) groups excluding carboxylic acids is 1. The SMILES string of the molecule is CC1(C)CC(c2ccccc(=O)c2O)SC1=O. The van der Waals surface area contributed by atoms with Gasteiger partial charge >= 0.3 is 0 Å². The van der Waals surface area contributed by atoms with E-state index < -0.39 is 5.43 Å². The highest BCUT2D eigenvalue weighted by Gasteiger charge is 2.41. The van der Waals surface area contributed by atoms with Gasteiger partial charge in [-0.15, -0.1) is 0 Å². The zero-order chi connectivity index (χ0) is 12.6. The molecule has 90 valence electrons. The van der Waals surface area contributed by atoms with Gasteiger partial charge in [-0.25, -0.2) is 0 Å². The Bertz CT molecular complexity index is 522. The minimum atomic E-state index is -0.400. The van der Waals surface area contributed by atoms with Crippen LogP contribution in [-0.2, 0) is 4.79 Å². The third kappa shape index (κ3) is 2.22. The molecule has 1 unspecified atom stereocenters. The van der Waals surface area contributed by atoms with Gasteiger partial charge in [-0.1, -0.05) is 43.8 Å². The predicted molar refractivity (Wildman–Crippen MR) is 68.1 cm³/mol. The average molecular weight is 250 g/mol. The monoisotopic (exact) mass is 250 g/mol. The summed E-state index contributed by atoms with van der Waals surface area (Å²) in [4.78, 5) is 23.3. The van der Waals surface area contributed by atoms with Crippen LogP contribution < -0.4 is 5.43 Å². The van der Waals surface area contributed by atoms with Crippen LogP contribution in [0, 0.1) is 5.41 Å². The Balaban J connectivity index is 2.45. The topological polar surface area (TPSA) is 54.4 Å². The Hall–Kier alpha value is -1.29. The van der Waals surface area contributed by atoms with E-state index in [1.165, 1.54) is 17.8 Å². The van der Waals surface area contributed by atoms with Gasteiger partial charge in [0.1, 0.15) is 0 Å². The van der Waals surface area contributed by atoms with Crippen molar-refractivity contribution < 1.29 is 9.90 Å². The quantitative estimate of drug-likeness (QED) is 0.832. The molecule has 2 rings (SSSR count). The lowest BCUT2D eigenvalue weighted by Gasteiger charge is -2.13. The Morgan fingerprint density at radius 3 is 2.53 bits per heavy atom. The van der Waals surface area contributed by atoms with E-state index in [0.717, 1.165) is 0 Å². The van der Waals surface area contributed by atoms with Crippen LogP contribution in [0.3, 0.4) is 0 Å². The molecule has 17 heavy (non-hydrogen) atoms. The molecule has 1 heterocycles. The lowest BCUT2D eigenvalue weighted by Crippen LogP contribution is -2.14. The number of thioether (sulfide) groups is 1. The fourth-order valence-electron chi connectivity index (χ4n) is 1.91. The van der Waals surface area contributed by atoms with E-state index in [-0.39, 0.29) is 21.5 Å². The van der Waals surface area contributed by atoms with Gasteiger partial charge in [0.2, 0.25) is 5.43 Å². The summed E-state index contributed by atoms with van der Waals surface area (Å²) in [6.45, 7) is 3.78. The molecule has 0 aliphatic carbocycles. The van der Waals surface area contributed by atoms with Crippen molar-refractivity contribution in [2.75, 3.05) is 0 Å². The maximum Gasteiger partial charge on any atom is 0.220 e. The van der Waals surface area contributed by atoms with Crippen LogP contribution >= 0.6 is 11.8 Å². The summed E-state index contributed by atoms with van der Waals surface area (Å²) in [5, 5.41) is 9.82. The van der Waals surface area contributed by atoms with Crippen molar-refractivity contribution in [3.63, 3.8) is 0 Å². The minimum absolute atomic E-state index is 0.112. The van der Waals surface area contributed by atoms with Crippen molar-refractivity contribution in [3.8, 4) is 5.75 Å². The van der Waals surface area contributed by atoms with Crippen LogP contribution in [0.4, 0.5) is 0 Å². The maximum absolute atomic E-state index is 11.8. The first-order valence-corrected chi connectivity index (χ1v) is 6.33. The Morgan fingerprint density at radius 2 is 1.94 bits per heavy atom. The molecule has 0 spiro atoms. The lowest BCUT2D eigenvalue weighted by molar-refractivity contribution is -0.117. The molecule has 1 aliphatic rings. The zero-order valence-electron chi connectivity index (χ0n) is 9.77. The van der Waals surface area contributed by atoms with E-state index in [1.54, 1.807) is 18.2 Å². The number of hydrogen-bond donors (Lipinski definition) is 1. The van der Waals surface area contributed by atoms with Crippen LogP contribution in [0.2, 0.25) is 0 Å². The lowest BCUT2D eigenvalue weighted by atomic mass is 9.88. The average Bonchev–Trinajstić information content (AvgIpc) is 2.42. The number of hydrogen-bond acceptors (Lipinski definition) is 4. The van der Waals surface area contributed by atoms with Crippen molar-refractivity contribution in [1.29, 1.82) is 0 Å². The normalized spacial score (nSPS) is 22.7. The molecule has 1 aliphatic heterocycles. The summed E-state index contributed by atoms with van der Waals surface area (Å²) < 4.78 is 0. The molecule has 1 aromatic rings. The van der Waals surface area contributed by atoms with Gasteiger partial charge in [0.15, 0.2) is 10.9 Å². The molecule has 1 aromatic carbocycles. The van der Waals surface area contributed by atoms with Crippen LogP contribution in [0.5, 0.6) is 5.75 Å². The third-order valence-electron chi connectivity index (χ3n) is 2.99. The molecular weight excluding hydrogens is 236 g/mol. The second kappa shape index (κ2) is 4.18. The summed E-state index contributed by atoms with van der Waals surface area (Å²) in [6, 6.07) is 6.35. The minimum Gasteiger partial charge on any atom is -0.504 e. The van der Waals surface area contributed by atoms with Gasteiger partial charge in [-0.3, -0.25) is 9.59 Å². The predicted octanol–water partition coefficient (Wildman–Crippen LogP) is 2.48. The van der Waals surface area contributed by atoms with Crippen LogP contribution in [-0.4, -0.2) is 10.2 Å². The highest BCUT2D eigenvalue weighted by atomic mass is 32.2. The fourth-order valence-corrected chi connectivity index (χ4v) is 3.39. The molecule has 0 bridgehead atoms. The summed E-state index contributed by atoms with van der Waals surface area (Å²) in [6.07, 6.45) is 0.646. The third-order valence-corrected chi connectivity index (χ3v) is 4.46.